The molecule has 0 aliphatic heterocycles. The van der Waals surface area contributed by atoms with Crippen LogP contribution in [0.5, 0.6) is 0 Å². The van der Waals surface area contributed by atoms with E-state index in [2.05, 4.69) is 12.2 Å². The fourth-order valence-electron chi connectivity index (χ4n) is 1.86. The van der Waals surface area contributed by atoms with Crippen LogP contribution in [-0.4, -0.2) is 19.1 Å². The van der Waals surface area contributed by atoms with E-state index in [1.54, 1.807) is 6.07 Å². The van der Waals surface area contributed by atoms with Gasteiger partial charge < -0.3 is 10.1 Å². The lowest BCUT2D eigenvalue weighted by atomic mass is 10.1. The third-order valence-electron chi connectivity index (χ3n) is 3.04. The molecule has 0 aromatic heterocycles. The van der Waals surface area contributed by atoms with Gasteiger partial charge in [-0.15, -0.1) is 0 Å². The average molecular weight is 219 g/mol. The maximum atomic E-state index is 11.5. The molecule has 3 heteroatoms. The molecule has 16 heavy (non-hydrogen) atoms. The molecule has 0 saturated heterocycles. The Morgan fingerprint density at radius 2 is 2.12 bits per heavy atom. The van der Waals surface area contributed by atoms with E-state index in [1.807, 2.05) is 18.2 Å². The summed E-state index contributed by atoms with van der Waals surface area (Å²) in [6.45, 7) is 2.16. The lowest BCUT2D eigenvalue weighted by molar-refractivity contribution is 0.0602. The van der Waals surface area contributed by atoms with Crippen LogP contribution in [0.3, 0.4) is 0 Å². The largest absolute Gasteiger partial charge is 0.465 e. The van der Waals surface area contributed by atoms with Gasteiger partial charge in [0.25, 0.3) is 0 Å². The second-order valence-corrected chi connectivity index (χ2v) is 4.31. The molecule has 0 bridgehead atoms. The highest BCUT2D eigenvalue weighted by atomic mass is 16.5. The van der Waals surface area contributed by atoms with Crippen LogP contribution in [0.15, 0.2) is 24.3 Å². The van der Waals surface area contributed by atoms with E-state index in [0.29, 0.717) is 11.6 Å². The van der Waals surface area contributed by atoms with Gasteiger partial charge in [-0.3, -0.25) is 0 Å². The van der Waals surface area contributed by atoms with Gasteiger partial charge in [-0.25, -0.2) is 4.79 Å². The number of anilines is 1. The zero-order valence-electron chi connectivity index (χ0n) is 9.69. The van der Waals surface area contributed by atoms with E-state index in [9.17, 15) is 4.79 Å². The van der Waals surface area contributed by atoms with Crippen LogP contribution in [0.4, 0.5) is 5.69 Å². The van der Waals surface area contributed by atoms with Crippen LogP contribution in [-0.2, 0) is 4.74 Å². The number of carbonyl (C=O) groups excluding carboxylic acids is 1. The monoisotopic (exact) mass is 219 g/mol. The van der Waals surface area contributed by atoms with Gasteiger partial charge in [-0.2, -0.15) is 0 Å². The van der Waals surface area contributed by atoms with Crippen molar-refractivity contribution in [3.05, 3.63) is 29.8 Å². The van der Waals surface area contributed by atoms with Crippen molar-refractivity contribution >= 4 is 11.7 Å². The molecule has 3 nitrogen and oxygen atoms in total. The number of esters is 1. The van der Waals surface area contributed by atoms with Crippen molar-refractivity contribution in [1.82, 2.24) is 0 Å². The summed E-state index contributed by atoms with van der Waals surface area (Å²) in [6, 6.07) is 7.90. The van der Waals surface area contributed by atoms with Crippen LogP contribution in [0.2, 0.25) is 0 Å². The fourth-order valence-corrected chi connectivity index (χ4v) is 1.86. The molecule has 0 heterocycles. The summed E-state index contributed by atoms with van der Waals surface area (Å²) in [5.41, 5.74) is 1.48. The zero-order valence-corrected chi connectivity index (χ0v) is 9.69. The van der Waals surface area contributed by atoms with E-state index < -0.39 is 0 Å². The van der Waals surface area contributed by atoms with E-state index in [1.165, 1.54) is 20.0 Å². The van der Waals surface area contributed by atoms with Crippen LogP contribution in [0, 0.1) is 5.92 Å². The molecule has 1 aliphatic rings. The minimum absolute atomic E-state index is 0.286. The Labute approximate surface area is 95.8 Å². The number of nitrogens with one attached hydrogen (secondary N) is 1. The van der Waals surface area contributed by atoms with Crippen molar-refractivity contribution in [3.8, 4) is 0 Å². The van der Waals surface area contributed by atoms with Crippen molar-refractivity contribution in [1.29, 1.82) is 0 Å². The molecule has 86 valence electrons. The molecule has 1 aliphatic carbocycles. The topological polar surface area (TPSA) is 38.3 Å². The molecule has 1 aromatic carbocycles. The van der Waals surface area contributed by atoms with Crippen molar-refractivity contribution in [2.24, 2.45) is 5.92 Å². The molecular weight excluding hydrogens is 202 g/mol. The highest BCUT2D eigenvalue weighted by Crippen LogP contribution is 2.34. The smallest absolute Gasteiger partial charge is 0.339 e. The Bertz CT molecular complexity index is 385. The van der Waals surface area contributed by atoms with E-state index in [-0.39, 0.29) is 5.97 Å². The first-order chi connectivity index (χ1) is 7.72. The van der Waals surface area contributed by atoms with Gasteiger partial charge in [0.1, 0.15) is 0 Å². The number of hydrogen-bond donors (Lipinski definition) is 1. The Morgan fingerprint density at radius 3 is 2.75 bits per heavy atom. The maximum Gasteiger partial charge on any atom is 0.339 e. The first kappa shape index (κ1) is 11.0. The first-order valence-electron chi connectivity index (χ1n) is 5.66. The Hall–Kier alpha value is -1.51. The van der Waals surface area contributed by atoms with Crippen molar-refractivity contribution in [3.63, 3.8) is 0 Å². The second kappa shape index (κ2) is 4.56. The molecule has 0 radical (unpaired) electrons. The maximum absolute atomic E-state index is 11.5. The van der Waals surface area contributed by atoms with Gasteiger partial charge in [-0.05, 0) is 37.8 Å². The van der Waals surface area contributed by atoms with Crippen LogP contribution in [0.1, 0.15) is 30.1 Å². The summed E-state index contributed by atoms with van der Waals surface area (Å²) in [4.78, 5) is 11.5. The molecule has 0 amide bonds. The number of rotatable bonds is 4. The number of methoxy groups -OCH3 is 1. The fraction of sp³-hybridized carbons (Fsp3) is 0.462. The van der Waals surface area contributed by atoms with E-state index in [0.717, 1.165) is 11.6 Å². The van der Waals surface area contributed by atoms with Crippen LogP contribution >= 0.6 is 0 Å². The van der Waals surface area contributed by atoms with E-state index in [4.69, 9.17) is 4.74 Å². The normalized spacial score (nSPS) is 16.6. The third kappa shape index (κ3) is 2.35. The first-order valence-corrected chi connectivity index (χ1v) is 5.66. The van der Waals surface area contributed by atoms with E-state index >= 15 is 0 Å². The summed E-state index contributed by atoms with van der Waals surface area (Å²) in [5, 5.41) is 3.39. The number of hydrogen-bond acceptors (Lipinski definition) is 3. The molecule has 1 unspecified atom stereocenters. The Balaban J connectivity index is 2.15. The summed E-state index contributed by atoms with van der Waals surface area (Å²) in [6.07, 6.45) is 2.57. The minimum Gasteiger partial charge on any atom is -0.465 e. The van der Waals surface area contributed by atoms with Crippen LogP contribution in [0.25, 0.3) is 0 Å². The third-order valence-corrected chi connectivity index (χ3v) is 3.04. The molecule has 1 N–H and O–H groups in total. The quantitative estimate of drug-likeness (QED) is 0.791. The number of benzene rings is 1. The van der Waals surface area contributed by atoms with Crippen molar-refractivity contribution in [2.75, 3.05) is 12.4 Å². The highest BCUT2D eigenvalue weighted by molar-refractivity contribution is 5.95. The molecular formula is C13H17NO2. The predicted octanol–water partition coefficient (Wildman–Crippen LogP) is 2.68. The van der Waals surface area contributed by atoms with Gasteiger partial charge in [0.05, 0.1) is 12.7 Å². The lowest BCUT2D eigenvalue weighted by Gasteiger charge is -2.16. The predicted molar refractivity (Wildman–Crippen MR) is 63.6 cm³/mol. The second-order valence-electron chi connectivity index (χ2n) is 4.31. The molecule has 1 atom stereocenters. The summed E-state index contributed by atoms with van der Waals surface area (Å²) in [7, 11) is 1.41. The SMILES string of the molecule is COC(=O)c1ccccc1NC(C)C1CC1. The van der Waals surface area contributed by atoms with Crippen molar-refractivity contribution in [2.45, 2.75) is 25.8 Å². The minimum atomic E-state index is -0.286. The Morgan fingerprint density at radius 1 is 1.44 bits per heavy atom. The Kier molecular flexibility index (Phi) is 3.13. The molecule has 0 spiro atoms. The summed E-state index contributed by atoms with van der Waals surface area (Å²) >= 11 is 0. The molecule has 1 saturated carbocycles. The molecule has 1 aromatic rings. The van der Waals surface area contributed by atoms with Gasteiger partial charge in [0.15, 0.2) is 0 Å². The number of para-hydroxylation sites is 1. The standard InChI is InChI=1S/C13H17NO2/c1-9(10-7-8-10)14-12-6-4-3-5-11(12)13(15)16-2/h3-6,9-10,14H,7-8H2,1-2H3. The van der Waals surface area contributed by atoms with Crippen LogP contribution < -0.4 is 5.32 Å². The van der Waals surface area contributed by atoms with Crippen molar-refractivity contribution < 1.29 is 9.53 Å². The number of ether oxygens (including phenoxy) is 1. The molecule has 1 fully saturated rings. The summed E-state index contributed by atoms with van der Waals surface area (Å²) < 4.78 is 4.76. The van der Waals surface area contributed by atoms with Gasteiger partial charge in [0.2, 0.25) is 0 Å². The van der Waals surface area contributed by atoms with Gasteiger partial charge >= 0.3 is 5.97 Å². The molecule has 2 rings (SSSR count). The number of carbonyl (C=O) groups is 1. The van der Waals surface area contributed by atoms with Gasteiger partial charge in [-0.1, -0.05) is 12.1 Å². The highest BCUT2D eigenvalue weighted by Gasteiger charge is 2.28. The summed E-state index contributed by atoms with van der Waals surface area (Å²) in [5.74, 6) is 0.469. The zero-order chi connectivity index (χ0) is 11.5. The lowest BCUT2D eigenvalue weighted by Crippen LogP contribution is -2.19. The average Bonchev–Trinajstić information content (AvgIpc) is 3.12. The van der Waals surface area contributed by atoms with Gasteiger partial charge in [0, 0.05) is 11.7 Å².